The van der Waals surface area contributed by atoms with Gasteiger partial charge in [0.25, 0.3) is 5.91 Å². The smallest absolute Gasteiger partial charge is 0.259 e. The van der Waals surface area contributed by atoms with E-state index in [9.17, 15) is 9.59 Å². The Morgan fingerprint density at radius 2 is 1.86 bits per heavy atom. The number of H-pyrrole nitrogens is 1. The second kappa shape index (κ2) is 8.39. The number of carbonyl (C=O) groups is 1. The first kappa shape index (κ1) is 19.7. The van der Waals surface area contributed by atoms with Crippen LogP contribution in [0.3, 0.4) is 0 Å². The number of nitrogens with one attached hydrogen (secondary N) is 1. The Hall–Kier alpha value is -2.63. The van der Waals surface area contributed by atoms with Gasteiger partial charge in [-0.15, -0.1) is 0 Å². The van der Waals surface area contributed by atoms with Crippen molar-refractivity contribution in [3.63, 3.8) is 0 Å². The van der Waals surface area contributed by atoms with E-state index in [2.05, 4.69) is 4.98 Å². The molecular weight excluding hydrogens is 388 g/mol. The number of aliphatic hydroxyl groups is 1. The number of aromatic nitrogens is 1. The molecule has 0 saturated heterocycles. The summed E-state index contributed by atoms with van der Waals surface area (Å²) < 4.78 is 0. The quantitative estimate of drug-likeness (QED) is 0.620. The molecule has 3 aromatic rings. The van der Waals surface area contributed by atoms with Gasteiger partial charge < -0.3 is 15.0 Å². The van der Waals surface area contributed by atoms with Crippen LogP contribution in [0.4, 0.5) is 0 Å². The third-order valence-corrected chi connectivity index (χ3v) is 5.57. The van der Waals surface area contributed by atoms with E-state index in [4.69, 9.17) is 16.7 Å². The number of nitrogens with zero attached hydrogens (tertiary/aromatic N) is 1. The minimum atomic E-state index is -0.253. The van der Waals surface area contributed by atoms with E-state index in [1.165, 1.54) is 6.20 Å². The van der Waals surface area contributed by atoms with Crippen LogP contribution in [0.5, 0.6) is 0 Å². The normalized spacial score (nSPS) is 13.6. The zero-order chi connectivity index (χ0) is 20.4. The number of hydrogen-bond acceptors (Lipinski definition) is 3. The molecule has 2 N–H and O–H groups in total. The van der Waals surface area contributed by atoms with Crippen LogP contribution in [0.1, 0.15) is 40.7 Å². The zero-order valence-corrected chi connectivity index (χ0v) is 16.8. The van der Waals surface area contributed by atoms with Crippen molar-refractivity contribution in [3.8, 4) is 0 Å². The average molecular weight is 411 g/mol. The molecule has 150 valence electrons. The molecule has 1 aromatic heterocycles. The summed E-state index contributed by atoms with van der Waals surface area (Å²) in [6.45, 7) is 0.558. The molecule has 0 aliphatic heterocycles. The van der Waals surface area contributed by atoms with E-state index in [0.29, 0.717) is 35.3 Å². The molecule has 0 bridgehead atoms. The van der Waals surface area contributed by atoms with Crippen molar-refractivity contribution in [2.45, 2.75) is 38.3 Å². The second-order valence-electron chi connectivity index (χ2n) is 7.53. The number of halogens is 1. The largest absolute Gasteiger partial charge is 0.396 e. The Morgan fingerprint density at radius 1 is 1.14 bits per heavy atom. The summed E-state index contributed by atoms with van der Waals surface area (Å²) >= 11 is 5.96. The highest BCUT2D eigenvalue weighted by Gasteiger charge is 2.34. The van der Waals surface area contributed by atoms with Crippen LogP contribution in [0.15, 0.2) is 53.5 Å². The molecule has 29 heavy (non-hydrogen) atoms. The Balaban J connectivity index is 1.66. The highest BCUT2D eigenvalue weighted by atomic mass is 35.5. The summed E-state index contributed by atoms with van der Waals surface area (Å²) in [5, 5.41) is 10.2. The molecule has 1 fully saturated rings. The number of carbonyl (C=O) groups excluding carboxylic acids is 1. The fraction of sp³-hybridized carbons (Fsp3) is 0.304. The molecule has 1 saturated carbocycles. The third-order valence-electron chi connectivity index (χ3n) is 5.31. The minimum Gasteiger partial charge on any atom is -0.396 e. The van der Waals surface area contributed by atoms with E-state index in [0.717, 1.165) is 24.0 Å². The number of amides is 1. The number of aromatic amines is 1. The molecule has 1 heterocycles. The lowest BCUT2D eigenvalue weighted by Crippen LogP contribution is -2.35. The van der Waals surface area contributed by atoms with Crippen LogP contribution < -0.4 is 5.43 Å². The Morgan fingerprint density at radius 3 is 2.55 bits per heavy atom. The Kier molecular flexibility index (Phi) is 5.69. The van der Waals surface area contributed by atoms with Crippen LogP contribution in [0, 0.1) is 0 Å². The van der Waals surface area contributed by atoms with Gasteiger partial charge in [0.05, 0.1) is 0 Å². The van der Waals surface area contributed by atoms with Crippen molar-refractivity contribution in [2.24, 2.45) is 0 Å². The van der Waals surface area contributed by atoms with Gasteiger partial charge in [0.2, 0.25) is 5.43 Å². The van der Waals surface area contributed by atoms with E-state index in [1.807, 2.05) is 42.5 Å². The standard InChI is InChI=1S/C23H23ClN2O3/c24-17-6-3-16(4-7-17)14-26(18-8-9-18)23(29)20-13-25-21-10-5-15(2-1-11-27)12-19(21)22(20)28/h3-7,10,12-13,18,27H,1-2,8-9,11,14H2,(H,25,28). The van der Waals surface area contributed by atoms with Gasteiger partial charge in [-0.25, -0.2) is 0 Å². The molecular formula is C23H23ClN2O3. The molecule has 6 heteroatoms. The van der Waals surface area contributed by atoms with Gasteiger partial charge in [-0.05, 0) is 61.1 Å². The maximum atomic E-state index is 13.3. The molecule has 1 amide bonds. The van der Waals surface area contributed by atoms with Crippen molar-refractivity contribution < 1.29 is 9.90 Å². The highest BCUT2D eigenvalue weighted by Crippen LogP contribution is 2.30. The lowest BCUT2D eigenvalue weighted by Gasteiger charge is -2.22. The van der Waals surface area contributed by atoms with Crippen LogP contribution in [0.2, 0.25) is 5.02 Å². The van der Waals surface area contributed by atoms with Gasteiger partial charge in [0.15, 0.2) is 0 Å². The van der Waals surface area contributed by atoms with Gasteiger partial charge in [0, 0.05) is 41.3 Å². The van der Waals surface area contributed by atoms with Gasteiger partial charge in [0.1, 0.15) is 5.56 Å². The monoisotopic (exact) mass is 410 g/mol. The molecule has 5 nitrogen and oxygen atoms in total. The Labute approximate surface area is 173 Å². The number of benzene rings is 2. The highest BCUT2D eigenvalue weighted by molar-refractivity contribution is 6.30. The van der Waals surface area contributed by atoms with Crippen LogP contribution in [0.25, 0.3) is 10.9 Å². The van der Waals surface area contributed by atoms with E-state index in [1.54, 1.807) is 4.90 Å². The van der Waals surface area contributed by atoms with Gasteiger partial charge in [-0.3, -0.25) is 9.59 Å². The van der Waals surface area contributed by atoms with Crippen LogP contribution >= 0.6 is 11.6 Å². The van der Waals surface area contributed by atoms with E-state index >= 15 is 0 Å². The van der Waals surface area contributed by atoms with Crippen molar-refractivity contribution in [1.29, 1.82) is 0 Å². The SMILES string of the molecule is O=C(c1c[nH]c2ccc(CCCO)cc2c1=O)N(Cc1ccc(Cl)cc1)C1CC1. The minimum absolute atomic E-state index is 0.105. The summed E-state index contributed by atoms with van der Waals surface area (Å²) in [6.07, 6.45) is 4.76. The van der Waals surface area contributed by atoms with Gasteiger partial charge in [-0.1, -0.05) is 29.8 Å². The first-order chi connectivity index (χ1) is 14.1. The molecule has 1 aliphatic rings. The molecule has 0 spiro atoms. The molecule has 2 aromatic carbocycles. The fourth-order valence-electron chi connectivity index (χ4n) is 3.56. The first-order valence-electron chi connectivity index (χ1n) is 9.87. The Bertz CT molecular complexity index is 1090. The van der Waals surface area contributed by atoms with Crippen molar-refractivity contribution in [3.05, 3.63) is 80.6 Å². The topological polar surface area (TPSA) is 73.4 Å². The summed E-state index contributed by atoms with van der Waals surface area (Å²) in [5.74, 6) is -0.244. The predicted octanol–water partition coefficient (Wildman–Crippen LogP) is 3.91. The maximum Gasteiger partial charge on any atom is 0.259 e. The maximum absolute atomic E-state index is 13.3. The molecule has 1 aliphatic carbocycles. The third kappa shape index (κ3) is 4.36. The fourth-order valence-corrected chi connectivity index (χ4v) is 3.68. The number of fused-ring (bicyclic) bond motifs is 1. The lowest BCUT2D eigenvalue weighted by molar-refractivity contribution is 0.0728. The average Bonchev–Trinajstić information content (AvgIpc) is 3.57. The van der Waals surface area contributed by atoms with E-state index < -0.39 is 0 Å². The summed E-state index contributed by atoms with van der Waals surface area (Å²) in [4.78, 5) is 31.3. The van der Waals surface area contributed by atoms with Crippen molar-refractivity contribution >= 4 is 28.4 Å². The number of rotatable bonds is 7. The predicted molar refractivity (Wildman–Crippen MR) is 114 cm³/mol. The number of pyridine rings is 1. The van der Waals surface area contributed by atoms with Crippen molar-refractivity contribution in [2.75, 3.05) is 6.61 Å². The molecule has 0 radical (unpaired) electrons. The summed E-state index contributed by atoms with van der Waals surface area (Å²) in [6, 6.07) is 13.2. The number of aliphatic hydroxyl groups excluding tert-OH is 1. The van der Waals surface area contributed by atoms with Gasteiger partial charge in [-0.2, -0.15) is 0 Å². The zero-order valence-electron chi connectivity index (χ0n) is 16.0. The number of aryl methyl sites for hydroxylation is 1. The molecule has 4 rings (SSSR count). The van der Waals surface area contributed by atoms with Crippen molar-refractivity contribution in [1.82, 2.24) is 9.88 Å². The molecule has 0 atom stereocenters. The number of hydrogen-bond donors (Lipinski definition) is 2. The second-order valence-corrected chi connectivity index (χ2v) is 7.97. The summed E-state index contributed by atoms with van der Waals surface area (Å²) in [7, 11) is 0. The lowest BCUT2D eigenvalue weighted by atomic mass is 10.0. The van der Waals surface area contributed by atoms with Gasteiger partial charge >= 0.3 is 0 Å². The molecule has 0 unspecified atom stereocenters. The summed E-state index contributed by atoms with van der Waals surface area (Å²) in [5.41, 5.74) is 2.57. The van der Waals surface area contributed by atoms with Crippen LogP contribution in [-0.4, -0.2) is 33.5 Å². The van der Waals surface area contributed by atoms with Crippen LogP contribution in [-0.2, 0) is 13.0 Å². The van der Waals surface area contributed by atoms with E-state index in [-0.39, 0.29) is 29.5 Å². The first-order valence-corrected chi connectivity index (χ1v) is 10.2.